The van der Waals surface area contributed by atoms with Crippen LogP contribution in [-0.2, 0) is 0 Å². The van der Waals surface area contributed by atoms with Gasteiger partial charge in [0.05, 0.1) is 0 Å². The van der Waals surface area contributed by atoms with Gasteiger partial charge in [-0.1, -0.05) is 23.2 Å². The molecule has 0 aliphatic heterocycles. The van der Waals surface area contributed by atoms with Crippen LogP contribution in [0.4, 0.5) is 0 Å². The predicted octanol–water partition coefficient (Wildman–Crippen LogP) is 4.76. The quantitative estimate of drug-likeness (QED) is 0.887. The van der Waals surface area contributed by atoms with Gasteiger partial charge in [-0.15, -0.1) is 0 Å². The van der Waals surface area contributed by atoms with Crippen LogP contribution >= 0.6 is 11.6 Å². The lowest BCUT2D eigenvalue weighted by atomic mass is 10.1. The van der Waals surface area contributed by atoms with E-state index < -0.39 is 5.97 Å². The monoisotopic (exact) mass is 290 g/mol. The van der Waals surface area contributed by atoms with Crippen molar-refractivity contribution in [1.82, 2.24) is 0 Å². The highest BCUT2D eigenvalue weighted by Gasteiger charge is 2.13. The van der Waals surface area contributed by atoms with E-state index in [2.05, 4.69) is 0 Å². The number of aryl methyl sites for hydroxylation is 3. The number of carboxylic acids is 1. The van der Waals surface area contributed by atoms with E-state index >= 15 is 0 Å². The summed E-state index contributed by atoms with van der Waals surface area (Å²) in [7, 11) is 0. The summed E-state index contributed by atoms with van der Waals surface area (Å²) in [5.41, 5.74) is 2.81. The number of rotatable bonds is 3. The Balaban J connectivity index is 2.42. The third-order valence-corrected chi connectivity index (χ3v) is 3.60. The number of ether oxygens (including phenoxy) is 1. The Morgan fingerprint density at radius 1 is 1.10 bits per heavy atom. The number of carbonyl (C=O) groups is 1. The Kier molecular flexibility index (Phi) is 4.00. The molecule has 0 atom stereocenters. The van der Waals surface area contributed by atoms with Gasteiger partial charge in [-0.2, -0.15) is 0 Å². The predicted molar refractivity (Wildman–Crippen MR) is 79.1 cm³/mol. The van der Waals surface area contributed by atoms with E-state index in [1.54, 1.807) is 24.3 Å². The molecular weight excluding hydrogens is 276 g/mol. The van der Waals surface area contributed by atoms with Gasteiger partial charge in [0.1, 0.15) is 17.1 Å². The molecule has 0 saturated heterocycles. The fourth-order valence-corrected chi connectivity index (χ4v) is 2.10. The van der Waals surface area contributed by atoms with E-state index in [0.29, 0.717) is 16.5 Å². The second-order valence-corrected chi connectivity index (χ2v) is 5.16. The molecule has 0 spiro atoms. The van der Waals surface area contributed by atoms with Gasteiger partial charge in [0, 0.05) is 5.02 Å². The lowest BCUT2D eigenvalue weighted by molar-refractivity contribution is 0.0694. The summed E-state index contributed by atoms with van der Waals surface area (Å²) in [5, 5.41) is 9.91. The van der Waals surface area contributed by atoms with Crippen LogP contribution in [-0.4, -0.2) is 11.1 Å². The first kappa shape index (κ1) is 14.4. The summed E-state index contributed by atoms with van der Waals surface area (Å²) in [6.45, 7) is 5.61. The molecule has 2 aromatic rings. The summed E-state index contributed by atoms with van der Waals surface area (Å²) >= 11 is 6.11. The average molecular weight is 291 g/mol. The second kappa shape index (κ2) is 5.55. The van der Waals surface area contributed by atoms with Gasteiger partial charge in [-0.25, -0.2) is 4.79 Å². The van der Waals surface area contributed by atoms with Gasteiger partial charge in [0.25, 0.3) is 0 Å². The molecule has 0 aromatic heterocycles. The van der Waals surface area contributed by atoms with Crippen LogP contribution in [0.1, 0.15) is 27.0 Å². The molecule has 104 valence electrons. The number of hydrogen-bond acceptors (Lipinski definition) is 2. The van der Waals surface area contributed by atoms with Crippen molar-refractivity contribution in [3.05, 3.63) is 57.6 Å². The first-order valence-corrected chi connectivity index (χ1v) is 6.55. The number of carboxylic acid groups (broad SMARTS) is 1. The number of halogens is 1. The average Bonchev–Trinajstić information content (AvgIpc) is 2.37. The summed E-state index contributed by atoms with van der Waals surface area (Å²) in [5.74, 6) is -0.105. The summed E-state index contributed by atoms with van der Waals surface area (Å²) in [6.07, 6.45) is 0. The van der Waals surface area contributed by atoms with E-state index in [0.717, 1.165) is 16.7 Å². The molecule has 1 N–H and O–H groups in total. The summed E-state index contributed by atoms with van der Waals surface area (Å²) in [6, 6.07) is 8.66. The van der Waals surface area contributed by atoms with E-state index in [-0.39, 0.29) is 5.56 Å². The van der Waals surface area contributed by atoms with Gasteiger partial charge < -0.3 is 9.84 Å². The smallest absolute Gasteiger partial charge is 0.339 e. The SMILES string of the molecule is Cc1ccc(Oc2cc(C)c(Cl)c(C)c2)c(C(=O)O)c1. The van der Waals surface area contributed by atoms with Crippen molar-refractivity contribution in [2.45, 2.75) is 20.8 Å². The molecule has 20 heavy (non-hydrogen) atoms. The number of hydrogen-bond donors (Lipinski definition) is 1. The van der Waals surface area contributed by atoms with Crippen molar-refractivity contribution in [3.8, 4) is 11.5 Å². The van der Waals surface area contributed by atoms with Crippen LogP contribution in [0, 0.1) is 20.8 Å². The minimum Gasteiger partial charge on any atom is -0.478 e. The molecule has 0 fully saturated rings. The largest absolute Gasteiger partial charge is 0.478 e. The lowest BCUT2D eigenvalue weighted by Crippen LogP contribution is -2.01. The van der Waals surface area contributed by atoms with E-state index in [4.69, 9.17) is 16.3 Å². The fraction of sp³-hybridized carbons (Fsp3) is 0.188. The van der Waals surface area contributed by atoms with Crippen molar-refractivity contribution >= 4 is 17.6 Å². The van der Waals surface area contributed by atoms with Crippen LogP contribution in [0.5, 0.6) is 11.5 Å². The standard InChI is InChI=1S/C16H15ClO3/c1-9-4-5-14(13(6-9)16(18)19)20-12-7-10(2)15(17)11(3)8-12/h4-8H,1-3H3,(H,18,19). The molecular formula is C16H15ClO3. The second-order valence-electron chi connectivity index (χ2n) is 4.78. The van der Waals surface area contributed by atoms with Gasteiger partial charge in [-0.05, 0) is 56.2 Å². The number of aromatic carboxylic acids is 1. The van der Waals surface area contributed by atoms with E-state index in [9.17, 15) is 9.90 Å². The topological polar surface area (TPSA) is 46.5 Å². The van der Waals surface area contributed by atoms with Crippen molar-refractivity contribution in [3.63, 3.8) is 0 Å². The molecule has 0 bridgehead atoms. The highest BCUT2D eigenvalue weighted by atomic mass is 35.5. The maximum atomic E-state index is 11.3. The molecule has 0 aliphatic rings. The Bertz CT molecular complexity index is 654. The van der Waals surface area contributed by atoms with Crippen LogP contribution in [0.2, 0.25) is 5.02 Å². The Morgan fingerprint density at radius 2 is 1.70 bits per heavy atom. The van der Waals surface area contributed by atoms with Crippen LogP contribution in [0.3, 0.4) is 0 Å². The number of benzene rings is 2. The van der Waals surface area contributed by atoms with Crippen molar-refractivity contribution in [2.75, 3.05) is 0 Å². The zero-order chi connectivity index (χ0) is 14.9. The normalized spacial score (nSPS) is 10.4. The lowest BCUT2D eigenvalue weighted by Gasteiger charge is -2.12. The van der Waals surface area contributed by atoms with Crippen LogP contribution < -0.4 is 4.74 Å². The third kappa shape index (κ3) is 2.94. The third-order valence-electron chi connectivity index (χ3n) is 3.00. The highest BCUT2D eigenvalue weighted by Crippen LogP contribution is 2.31. The molecule has 0 aliphatic carbocycles. The fourth-order valence-electron chi connectivity index (χ4n) is 1.99. The molecule has 3 nitrogen and oxygen atoms in total. The molecule has 2 aromatic carbocycles. The maximum absolute atomic E-state index is 11.3. The summed E-state index contributed by atoms with van der Waals surface area (Å²) < 4.78 is 5.70. The first-order chi connectivity index (χ1) is 9.38. The molecule has 0 heterocycles. The maximum Gasteiger partial charge on any atom is 0.339 e. The van der Waals surface area contributed by atoms with Gasteiger partial charge >= 0.3 is 5.97 Å². The van der Waals surface area contributed by atoms with Crippen LogP contribution in [0.15, 0.2) is 30.3 Å². The van der Waals surface area contributed by atoms with Gasteiger partial charge in [0.15, 0.2) is 0 Å². The highest BCUT2D eigenvalue weighted by molar-refractivity contribution is 6.32. The van der Waals surface area contributed by atoms with Crippen molar-refractivity contribution in [2.24, 2.45) is 0 Å². The van der Waals surface area contributed by atoms with Gasteiger partial charge in [0.2, 0.25) is 0 Å². The Labute approximate surface area is 122 Å². The first-order valence-electron chi connectivity index (χ1n) is 6.17. The molecule has 0 unspecified atom stereocenters. The van der Waals surface area contributed by atoms with E-state index in [1.165, 1.54) is 0 Å². The zero-order valence-electron chi connectivity index (χ0n) is 11.5. The van der Waals surface area contributed by atoms with Crippen molar-refractivity contribution < 1.29 is 14.6 Å². The van der Waals surface area contributed by atoms with Gasteiger partial charge in [-0.3, -0.25) is 0 Å². The minimum absolute atomic E-state index is 0.148. The van der Waals surface area contributed by atoms with Crippen LogP contribution in [0.25, 0.3) is 0 Å². The van der Waals surface area contributed by atoms with Crippen molar-refractivity contribution in [1.29, 1.82) is 0 Å². The molecule has 0 saturated carbocycles. The molecule has 2 rings (SSSR count). The molecule has 4 heteroatoms. The Hall–Kier alpha value is -2.00. The molecule has 0 radical (unpaired) electrons. The minimum atomic E-state index is -1.01. The zero-order valence-corrected chi connectivity index (χ0v) is 12.3. The summed E-state index contributed by atoms with van der Waals surface area (Å²) in [4.78, 5) is 11.3. The Morgan fingerprint density at radius 3 is 2.25 bits per heavy atom. The molecule has 0 amide bonds. The van der Waals surface area contributed by atoms with E-state index in [1.807, 2.05) is 26.8 Å².